The minimum Gasteiger partial charge on any atom is -0.478 e. The van der Waals surface area contributed by atoms with E-state index in [1.165, 1.54) is 17.0 Å². The number of carboxylic acid groups (broad SMARTS) is 1. The van der Waals surface area contributed by atoms with E-state index in [1.807, 2.05) is 72.4 Å². The first kappa shape index (κ1) is 24.3. The Bertz CT molecular complexity index is 1450. The topological polar surface area (TPSA) is 93.2 Å². The summed E-state index contributed by atoms with van der Waals surface area (Å²) in [7, 11) is 5.41. The van der Waals surface area contributed by atoms with Crippen LogP contribution in [0.2, 0.25) is 0 Å². The van der Waals surface area contributed by atoms with Gasteiger partial charge in [0.25, 0.3) is 5.91 Å². The largest absolute Gasteiger partial charge is 0.478 e. The van der Waals surface area contributed by atoms with E-state index in [4.69, 9.17) is 0 Å². The van der Waals surface area contributed by atoms with Gasteiger partial charge in [0.1, 0.15) is 0 Å². The first-order chi connectivity index (χ1) is 17.7. The van der Waals surface area contributed by atoms with Crippen LogP contribution in [-0.4, -0.2) is 62.0 Å². The molecule has 2 aliphatic rings. The maximum absolute atomic E-state index is 13.5. The number of likely N-dealkylation sites (N-methyl/N-ethyl adjacent to an activating group) is 2. The lowest BCUT2D eigenvalue weighted by molar-refractivity contribution is -0.119. The third-order valence-corrected chi connectivity index (χ3v) is 6.70. The Morgan fingerprint density at radius 1 is 0.973 bits per heavy atom. The number of benzene rings is 3. The molecular weight excluding hydrogens is 468 g/mol. The molecule has 0 aromatic heterocycles. The van der Waals surface area contributed by atoms with Crippen LogP contribution in [-0.2, 0) is 16.0 Å². The zero-order valence-corrected chi connectivity index (χ0v) is 21.0. The van der Waals surface area contributed by atoms with Crippen molar-refractivity contribution < 1.29 is 19.5 Å². The third kappa shape index (κ3) is 4.47. The lowest BCUT2D eigenvalue weighted by atomic mass is 9.99. The molecule has 2 heterocycles. The maximum atomic E-state index is 13.5. The number of aromatic carboxylic acids is 1. The molecule has 2 amide bonds. The summed E-state index contributed by atoms with van der Waals surface area (Å²) in [4.78, 5) is 42.8. The Hall–Kier alpha value is -4.43. The Kier molecular flexibility index (Phi) is 6.27. The number of carboxylic acids is 1. The van der Waals surface area contributed by atoms with Gasteiger partial charge in [0.2, 0.25) is 5.91 Å². The number of anilines is 3. The van der Waals surface area contributed by atoms with Crippen LogP contribution in [0.3, 0.4) is 0 Å². The van der Waals surface area contributed by atoms with Crippen LogP contribution >= 0.6 is 0 Å². The van der Waals surface area contributed by atoms with E-state index in [1.54, 1.807) is 13.1 Å². The van der Waals surface area contributed by atoms with Gasteiger partial charge in [0.05, 0.1) is 29.1 Å². The second-order valence-electron chi connectivity index (χ2n) is 9.52. The predicted octanol–water partition coefficient (Wildman–Crippen LogP) is 3.79. The van der Waals surface area contributed by atoms with Crippen molar-refractivity contribution in [3.63, 3.8) is 0 Å². The first-order valence-corrected chi connectivity index (χ1v) is 12.0. The SMILES string of the molecule is CN(C)CC(=O)N1CCc2cc(NC(=C3C(=O)N(C)c4cc(C(=O)O)ccc43)c3ccccc3)ccc21. The van der Waals surface area contributed by atoms with E-state index >= 15 is 0 Å². The van der Waals surface area contributed by atoms with Crippen LogP contribution in [0, 0.1) is 0 Å². The molecule has 37 heavy (non-hydrogen) atoms. The smallest absolute Gasteiger partial charge is 0.335 e. The Balaban J connectivity index is 1.57. The van der Waals surface area contributed by atoms with Gasteiger partial charge in [-0.25, -0.2) is 4.79 Å². The van der Waals surface area contributed by atoms with Gasteiger partial charge in [-0.15, -0.1) is 0 Å². The second-order valence-corrected chi connectivity index (χ2v) is 9.52. The molecule has 2 aliphatic heterocycles. The van der Waals surface area contributed by atoms with E-state index in [-0.39, 0.29) is 17.4 Å². The first-order valence-electron chi connectivity index (χ1n) is 12.0. The fourth-order valence-corrected chi connectivity index (χ4v) is 4.91. The van der Waals surface area contributed by atoms with Crippen LogP contribution < -0.4 is 15.1 Å². The minimum absolute atomic E-state index is 0.0634. The number of fused-ring (bicyclic) bond motifs is 2. The summed E-state index contributed by atoms with van der Waals surface area (Å²) in [6.45, 7) is 0.989. The molecule has 0 unspecified atom stereocenters. The monoisotopic (exact) mass is 496 g/mol. The highest BCUT2D eigenvalue weighted by atomic mass is 16.4. The number of amides is 2. The molecule has 188 valence electrons. The number of carbonyl (C=O) groups excluding carboxylic acids is 2. The van der Waals surface area contributed by atoms with Crippen molar-refractivity contribution in [3.8, 4) is 0 Å². The third-order valence-electron chi connectivity index (χ3n) is 6.70. The molecule has 0 fully saturated rings. The number of nitrogens with one attached hydrogen (secondary N) is 1. The summed E-state index contributed by atoms with van der Waals surface area (Å²) in [6.07, 6.45) is 0.754. The molecule has 8 nitrogen and oxygen atoms in total. The molecule has 0 aliphatic carbocycles. The average Bonchev–Trinajstić information content (AvgIpc) is 3.41. The van der Waals surface area contributed by atoms with E-state index in [2.05, 4.69) is 5.32 Å². The number of carbonyl (C=O) groups is 3. The van der Waals surface area contributed by atoms with Crippen LogP contribution in [0.4, 0.5) is 17.1 Å². The van der Waals surface area contributed by atoms with Gasteiger partial charge in [0.15, 0.2) is 0 Å². The minimum atomic E-state index is -1.04. The van der Waals surface area contributed by atoms with Crippen molar-refractivity contribution in [1.82, 2.24) is 4.90 Å². The summed E-state index contributed by atoms with van der Waals surface area (Å²) in [5.41, 5.74) is 6.08. The van der Waals surface area contributed by atoms with Crippen molar-refractivity contribution in [1.29, 1.82) is 0 Å². The molecule has 0 atom stereocenters. The highest BCUT2D eigenvalue weighted by Gasteiger charge is 2.34. The second kappa shape index (κ2) is 9.55. The maximum Gasteiger partial charge on any atom is 0.335 e. The molecule has 8 heteroatoms. The summed E-state index contributed by atoms with van der Waals surface area (Å²) in [6, 6.07) is 20.2. The van der Waals surface area contributed by atoms with Gasteiger partial charge < -0.3 is 25.1 Å². The fraction of sp³-hybridized carbons (Fsp3) is 0.207. The van der Waals surface area contributed by atoms with Crippen LogP contribution in [0.15, 0.2) is 66.7 Å². The van der Waals surface area contributed by atoms with Gasteiger partial charge >= 0.3 is 5.97 Å². The highest BCUT2D eigenvalue weighted by Crippen LogP contribution is 2.41. The van der Waals surface area contributed by atoms with Crippen molar-refractivity contribution in [2.24, 2.45) is 0 Å². The van der Waals surface area contributed by atoms with E-state index < -0.39 is 5.97 Å². The van der Waals surface area contributed by atoms with Gasteiger partial charge in [-0.1, -0.05) is 36.4 Å². The average molecular weight is 497 g/mol. The van der Waals surface area contributed by atoms with Gasteiger partial charge in [-0.3, -0.25) is 9.59 Å². The summed E-state index contributed by atoms with van der Waals surface area (Å²) < 4.78 is 0. The normalized spacial score (nSPS) is 15.6. The zero-order chi connectivity index (χ0) is 26.3. The summed E-state index contributed by atoms with van der Waals surface area (Å²) in [5.74, 6) is -1.20. The Labute approximate surface area is 215 Å². The van der Waals surface area contributed by atoms with Gasteiger partial charge in [0, 0.05) is 30.5 Å². The van der Waals surface area contributed by atoms with E-state index in [9.17, 15) is 19.5 Å². The van der Waals surface area contributed by atoms with E-state index in [0.717, 1.165) is 28.9 Å². The lowest BCUT2D eigenvalue weighted by Crippen LogP contribution is -2.36. The fourth-order valence-electron chi connectivity index (χ4n) is 4.91. The molecule has 0 bridgehead atoms. The molecule has 0 radical (unpaired) electrons. The van der Waals surface area contributed by atoms with Crippen molar-refractivity contribution in [2.75, 3.05) is 49.3 Å². The van der Waals surface area contributed by atoms with Crippen LogP contribution in [0.5, 0.6) is 0 Å². The van der Waals surface area contributed by atoms with Crippen molar-refractivity contribution >= 4 is 46.1 Å². The summed E-state index contributed by atoms with van der Waals surface area (Å²) >= 11 is 0. The molecule has 3 aromatic rings. The molecule has 5 rings (SSSR count). The summed E-state index contributed by atoms with van der Waals surface area (Å²) in [5, 5.41) is 12.9. The number of hydrogen-bond donors (Lipinski definition) is 2. The quantitative estimate of drug-likeness (QED) is 0.505. The molecule has 2 N–H and O–H groups in total. The molecule has 0 saturated carbocycles. The molecular formula is C29H28N4O4. The number of hydrogen-bond acceptors (Lipinski definition) is 5. The van der Waals surface area contributed by atoms with Crippen molar-refractivity contribution in [2.45, 2.75) is 6.42 Å². The van der Waals surface area contributed by atoms with E-state index in [0.29, 0.717) is 35.6 Å². The van der Waals surface area contributed by atoms with Gasteiger partial charge in [-0.05, 0) is 62.0 Å². The Morgan fingerprint density at radius 2 is 1.73 bits per heavy atom. The predicted molar refractivity (Wildman–Crippen MR) is 145 cm³/mol. The standard InChI is InChI=1S/C29H28N4O4/c1-31(2)17-25(34)33-14-13-19-15-21(10-12-23(19)33)30-27(18-7-5-4-6-8-18)26-22-11-9-20(29(36)37)16-24(22)32(3)28(26)35/h4-12,15-16,30H,13-14,17H2,1-3H3,(H,36,37). The van der Waals surface area contributed by atoms with Crippen LogP contribution in [0.25, 0.3) is 11.3 Å². The highest BCUT2D eigenvalue weighted by molar-refractivity contribution is 6.38. The molecule has 3 aromatic carbocycles. The number of rotatable bonds is 6. The van der Waals surface area contributed by atoms with Crippen molar-refractivity contribution in [3.05, 3.63) is 89.0 Å². The van der Waals surface area contributed by atoms with Gasteiger partial charge in [-0.2, -0.15) is 0 Å². The molecule has 0 spiro atoms. The Morgan fingerprint density at radius 3 is 2.43 bits per heavy atom. The zero-order valence-electron chi connectivity index (χ0n) is 21.0. The van der Waals surface area contributed by atoms with Crippen LogP contribution in [0.1, 0.15) is 27.0 Å². The number of nitrogens with zero attached hydrogens (tertiary/aromatic N) is 3. The molecule has 0 saturated heterocycles. The lowest BCUT2D eigenvalue weighted by Gasteiger charge is -2.20.